The van der Waals surface area contributed by atoms with E-state index in [1.165, 1.54) is 65.7 Å². The van der Waals surface area contributed by atoms with Crippen molar-refractivity contribution >= 4 is 65.0 Å². The third kappa shape index (κ3) is 5.11. The molecule has 0 fully saturated rings. The Balaban J connectivity index is 0.946. The summed E-state index contributed by atoms with van der Waals surface area (Å²) in [5, 5.41) is 10.7. The van der Waals surface area contributed by atoms with Crippen LogP contribution in [0.25, 0.3) is 110 Å². The van der Waals surface area contributed by atoms with Crippen molar-refractivity contribution in [1.29, 1.82) is 0 Å². The molecule has 0 unspecified atom stereocenters. The van der Waals surface area contributed by atoms with Gasteiger partial charge in [0.25, 0.3) is 0 Å². The molecule has 0 amide bonds. The van der Waals surface area contributed by atoms with Crippen molar-refractivity contribution in [2.24, 2.45) is 0 Å². The molecule has 0 radical (unpaired) electrons. The molecular formula is C52H32N2. The molecule has 9 aromatic carbocycles. The average molecular weight is 685 g/mol. The molecule has 2 aromatic heterocycles. The maximum Gasteiger partial charge on any atom is 0.0978 e. The molecule has 2 heterocycles. The lowest BCUT2D eigenvalue weighted by Gasteiger charge is -2.13. The summed E-state index contributed by atoms with van der Waals surface area (Å²) in [7, 11) is 0. The fourth-order valence-electron chi connectivity index (χ4n) is 8.17. The van der Waals surface area contributed by atoms with Crippen LogP contribution in [0.1, 0.15) is 0 Å². The number of hydrogen-bond acceptors (Lipinski definition) is 2. The van der Waals surface area contributed by atoms with Gasteiger partial charge >= 0.3 is 0 Å². The van der Waals surface area contributed by atoms with Crippen molar-refractivity contribution in [2.45, 2.75) is 0 Å². The standard InChI is InChI=1S/C52H32N2/c1-2-9-34(10-3-1)50-46-12-6-7-13-49(46)54-52-47(50)26-24-35-25-27-48(53-51(35)52)45-23-22-43-31-42(20-21-44(43)32-45)41-19-18-39-29-38(16-17-40(39)30-41)37-15-14-33-8-4-5-11-36(33)28-37/h1-32H. The zero-order valence-corrected chi connectivity index (χ0v) is 29.4. The molecule has 0 bridgehead atoms. The van der Waals surface area contributed by atoms with E-state index >= 15 is 0 Å². The quantitative estimate of drug-likeness (QED) is 0.136. The van der Waals surface area contributed by atoms with Crippen molar-refractivity contribution < 1.29 is 0 Å². The van der Waals surface area contributed by atoms with Gasteiger partial charge in [-0.1, -0.05) is 152 Å². The highest BCUT2D eigenvalue weighted by Gasteiger charge is 2.15. The van der Waals surface area contributed by atoms with E-state index in [4.69, 9.17) is 9.97 Å². The van der Waals surface area contributed by atoms with Crippen LogP contribution >= 0.6 is 0 Å². The lowest BCUT2D eigenvalue weighted by molar-refractivity contribution is 1.39. The minimum absolute atomic E-state index is 0.920. The predicted molar refractivity (Wildman–Crippen MR) is 229 cm³/mol. The first-order valence-electron chi connectivity index (χ1n) is 18.5. The number of nitrogens with zero attached hydrogens (tertiary/aromatic N) is 2. The molecule has 0 aliphatic rings. The fraction of sp³-hybridized carbons (Fsp3) is 0. The van der Waals surface area contributed by atoms with Gasteiger partial charge in [0.15, 0.2) is 0 Å². The molecule has 0 atom stereocenters. The van der Waals surface area contributed by atoms with Gasteiger partial charge in [0, 0.05) is 27.3 Å². The van der Waals surface area contributed by atoms with E-state index in [1.807, 2.05) is 0 Å². The lowest BCUT2D eigenvalue weighted by Crippen LogP contribution is -1.93. The number of fused-ring (bicyclic) bond motifs is 7. The van der Waals surface area contributed by atoms with Crippen molar-refractivity contribution in [3.05, 3.63) is 194 Å². The van der Waals surface area contributed by atoms with Gasteiger partial charge in [-0.15, -0.1) is 0 Å². The summed E-state index contributed by atoms with van der Waals surface area (Å²) in [5.74, 6) is 0. The Morgan fingerprint density at radius 1 is 0.259 bits per heavy atom. The SMILES string of the molecule is c1ccc(-c2c3ccccc3nc3c2ccc2ccc(-c4ccc5cc(-c6ccc7cc(-c8ccc9ccccc9c8)ccc7c6)ccc5c4)nc23)cc1. The number of hydrogen-bond donors (Lipinski definition) is 0. The van der Waals surface area contributed by atoms with Gasteiger partial charge in [-0.2, -0.15) is 0 Å². The molecule has 0 aliphatic heterocycles. The average Bonchev–Trinajstić information content (AvgIpc) is 3.24. The highest BCUT2D eigenvalue weighted by atomic mass is 14.8. The molecule has 0 aliphatic carbocycles. The summed E-state index contributed by atoms with van der Waals surface area (Å²) in [6, 6.07) is 70.0. The fourth-order valence-corrected chi connectivity index (χ4v) is 8.17. The van der Waals surface area contributed by atoms with Crippen LogP contribution in [-0.2, 0) is 0 Å². The summed E-state index contributed by atoms with van der Waals surface area (Å²) in [6.45, 7) is 0. The zero-order valence-electron chi connectivity index (χ0n) is 29.4. The Bertz CT molecular complexity index is 3270. The van der Waals surface area contributed by atoms with Gasteiger partial charge in [-0.05, 0) is 103 Å². The van der Waals surface area contributed by atoms with Crippen LogP contribution in [-0.4, -0.2) is 9.97 Å². The predicted octanol–water partition coefficient (Wildman–Crippen LogP) is 14.1. The summed E-state index contributed by atoms with van der Waals surface area (Å²) < 4.78 is 0. The number of rotatable bonds is 4. The van der Waals surface area contributed by atoms with Gasteiger partial charge in [0.2, 0.25) is 0 Å². The molecule has 11 aromatic rings. The second-order valence-corrected chi connectivity index (χ2v) is 14.2. The summed E-state index contributed by atoms with van der Waals surface area (Å²) in [4.78, 5) is 10.5. The van der Waals surface area contributed by atoms with Crippen LogP contribution in [0.2, 0.25) is 0 Å². The van der Waals surface area contributed by atoms with Gasteiger partial charge in [-0.3, -0.25) is 0 Å². The van der Waals surface area contributed by atoms with Gasteiger partial charge in [0.05, 0.1) is 22.2 Å². The third-order valence-corrected chi connectivity index (χ3v) is 11.0. The Morgan fingerprint density at radius 3 is 1.41 bits per heavy atom. The van der Waals surface area contributed by atoms with Crippen LogP contribution in [0, 0.1) is 0 Å². The van der Waals surface area contributed by atoms with Crippen LogP contribution < -0.4 is 0 Å². The second kappa shape index (κ2) is 12.2. The molecule has 2 heteroatoms. The highest BCUT2D eigenvalue weighted by molar-refractivity contribution is 6.16. The molecular weight excluding hydrogens is 653 g/mol. The van der Waals surface area contributed by atoms with Crippen LogP contribution in [0.3, 0.4) is 0 Å². The zero-order chi connectivity index (χ0) is 35.6. The smallest absolute Gasteiger partial charge is 0.0978 e. The largest absolute Gasteiger partial charge is 0.245 e. The number of aromatic nitrogens is 2. The van der Waals surface area contributed by atoms with Crippen LogP contribution in [0.15, 0.2) is 194 Å². The van der Waals surface area contributed by atoms with Crippen molar-refractivity contribution in [3.8, 4) is 44.6 Å². The molecule has 0 saturated heterocycles. The summed E-state index contributed by atoms with van der Waals surface area (Å²) >= 11 is 0. The molecule has 0 N–H and O–H groups in total. The first-order chi connectivity index (χ1) is 26.7. The monoisotopic (exact) mass is 684 g/mol. The maximum atomic E-state index is 5.29. The second-order valence-electron chi connectivity index (χ2n) is 14.2. The minimum Gasteiger partial charge on any atom is -0.245 e. The van der Waals surface area contributed by atoms with E-state index in [0.29, 0.717) is 0 Å². The van der Waals surface area contributed by atoms with Gasteiger partial charge < -0.3 is 0 Å². The van der Waals surface area contributed by atoms with E-state index < -0.39 is 0 Å². The molecule has 54 heavy (non-hydrogen) atoms. The number of pyridine rings is 2. The first-order valence-corrected chi connectivity index (χ1v) is 18.5. The Morgan fingerprint density at radius 2 is 0.741 bits per heavy atom. The summed E-state index contributed by atoms with van der Waals surface area (Å²) in [5.41, 5.74) is 12.1. The normalized spacial score (nSPS) is 11.7. The van der Waals surface area contributed by atoms with E-state index in [1.54, 1.807) is 0 Å². The Labute approximate surface area is 312 Å². The van der Waals surface area contributed by atoms with Gasteiger partial charge in [-0.25, -0.2) is 9.97 Å². The summed E-state index contributed by atoms with van der Waals surface area (Å²) in [6.07, 6.45) is 0. The number of benzene rings is 9. The van der Waals surface area contributed by atoms with Crippen molar-refractivity contribution in [2.75, 3.05) is 0 Å². The molecule has 0 spiro atoms. The first kappa shape index (κ1) is 30.5. The highest BCUT2D eigenvalue weighted by Crippen LogP contribution is 2.38. The third-order valence-electron chi connectivity index (χ3n) is 11.0. The minimum atomic E-state index is 0.920. The molecule has 2 nitrogen and oxygen atoms in total. The topological polar surface area (TPSA) is 25.8 Å². The maximum absolute atomic E-state index is 5.29. The van der Waals surface area contributed by atoms with E-state index in [9.17, 15) is 0 Å². The van der Waals surface area contributed by atoms with E-state index in [0.717, 1.165) is 44.0 Å². The Hall–Kier alpha value is -7.16. The van der Waals surface area contributed by atoms with E-state index in [2.05, 4.69) is 194 Å². The lowest BCUT2D eigenvalue weighted by atomic mass is 9.94. The van der Waals surface area contributed by atoms with Crippen LogP contribution in [0.4, 0.5) is 0 Å². The Kier molecular flexibility index (Phi) is 6.90. The number of para-hydroxylation sites is 1. The molecule has 0 saturated carbocycles. The molecule has 11 rings (SSSR count). The molecule has 250 valence electrons. The van der Waals surface area contributed by atoms with Crippen LogP contribution in [0.5, 0.6) is 0 Å². The van der Waals surface area contributed by atoms with Gasteiger partial charge in [0.1, 0.15) is 0 Å². The van der Waals surface area contributed by atoms with E-state index in [-0.39, 0.29) is 0 Å². The van der Waals surface area contributed by atoms with Crippen molar-refractivity contribution in [3.63, 3.8) is 0 Å². The van der Waals surface area contributed by atoms with Crippen molar-refractivity contribution in [1.82, 2.24) is 9.97 Å².